The Labute approximate surface area is 87.2 Å². The van der Waals surface area contributed by atoms with E-state index in [0.717, 1.165) is 32.8 Å². The first-order valence-electron chi connectivity index (χ1n) is 5.72. The van der Waals surface area contributed by atoms with Crippen molar-refractivity contribution in [2.75, 3.05) is 26.4 Å². The zero-order chi connectivity index (χ0) is 10.2. The van der Waals surface area contributed by atoms with E-state index in [1.165, 1.54) is 12.8 Å². The molecule has 0 radical (unpaired) electrons. The highest BCUT2D eigenvalue weighted by atomic mass is 16.5. The van der Waals surface area contributed by atoms with Crippen molar-refractivity contribution in [1.82, 2.24) is 5.32 Å². The van der Waals surface area contributed by atoms with Crippen LogP contribution in [0.5, 0.6) is 0 Å². The summed E-state index contributed by atoms with van der Waals surface area (Å²) >= 11 is 0. The monoisotopic (exact) mass is 201 g/mol. The van der Waals surface area contributed by atoms with Crippen LogP contribution < -0.4 is 5.32 Å². The molecule has 1 atom stereocenters. The minimum Gasteiger partial charge on any atom is -0.380 e. The second kappa shape index (κ2) is 7.21. The van der Waals surface area contributed by atoms with Crippen molar-refractivity contribution < 1.29 is 9.47 Å². The first-order chi connectivity index (χ1) is 6.79. The third kappa shape index (κ3) is 5.58. The fraction of sp³-hybridized carbons (Fsp3) is 1.00. The van der Waals surface area contributed by atoms with Crippen molar-refractivity contribution in [3.05, 3.63) is 0 Å². The van der Waals surface area contributed by atoms with Crippen LogP contribution in [0.4, 0.5) is 0 Å². The summed E-state index contributed by atoms with van der Waals surface area (Å²) in [5.74, 6) is 0. The van der Waals surface area contributed by atoms with E-state index in [2.05, 4.69) is 19.2 Å². The molecule has 3 heteroatoms. The van der Waals surface area contributed by atoms with Gasteiger partial charge in [0, 0.05) is 19.3 Å². The Bertz CT molecular complexity index is 133. The maximum absolute atomic E-state index is 5.46. The van der Waals surface area contributed by atoms with Crippen molar-refractivity contribution in [3.8, 4) is 0 Å². The van der Waals surface area contributed by atoms with Gasteiger partial charge in [-0.15, -0.1) is 0 Å². The van der Waals surface area contributed by atoms with Crippen LogP contribution in [0, 0.1) is 0 Å². The Kier molecular flexibility index (Phi) is 6.15. The molecule has 1 saturated heterocycles. The molecule has 0 saturated carbocycles. The van der Waals surface area contributed by atoms with Crippen LogP contribution in [-0.4, -0.2) is 38.5 Å². The van der Waals surface area contributed by atoms with Gasteiger partial charge in [0.1, 0.15) is 0 Å². The summed E-state index contributed by atoms with van der Waals surface area (Å²) in [6.45, 7) is 7.95. The number of rotatable bonds is 7. The smallest absolute Gasteiger partial charge is 0.0620 e. The number of unbranched alkanes of at least 4 members (excludes halogenated alkanes) is 1. The third-order valence-corrected chi connectivity index (χ3v) is 2.38. The van der Waals surface area contributed by atoms with Gasteiger partial charge in [0.15, 0.2) is 0 Å². The molecule has 1 heterocycles. The van der Waals surface area contributed by atoms with Crippen molar-refractivity contribution in [2.24, 2.45) is 0 Å². The molecular weight excluding hydrogens is 178 g/mol. The average Bonchev–Trinajstić information content (AvgIpc) is 2.63. The van der Waals surface area contributed by atoms with Gasteiger partial charge in [-0.2, -0.15) is 0 Å². The molecule has 0 bridgehead atoms. The number of nitrogens with one attached hydrogen (secondary N) is 1. The van der Waals surface area contributed by atoms with E-state index in [-0.39, 0.29) is 0 Å². The molecule has 0 aromatic carbocycles. The minimum absolute atomic E-state index is 0.367. The lowest BCUT2D eigenvalue weighted by atomic mass is 10.2. The topological polar surface area (TPSA) is 30.5 Å². The maximum Gasteiger partial charge on any atom is 0.0620 e. The molecule has 0 amide bonds. The lowest BCUT2D eigenvalue weighted by Gasteiger charge is -2.10. The zero-order valence-electron chi connectivity index (χ0n) is 9.42. The van der Waals surface area contributed by atoms with Gasteiger partial charge in [0.2, 0.25) is 0 Å². The second-order valence-corrected chi connectivity index (χ2v) is 4.14. The summed E-state index contributed by atoms with van der Waals surface area (Å²) in [5, 5.41) is 3.49. The van der Waals surface area contributed by atoms with Crippen LogP contribution >= 0.6 is 0 Å². The Balaban J connectivity index is 1.79. The Morgan fingerprint density at radius 3 is 2.93 bits per heavy atom. The van der Waals surface area contributed by atoms with Crippen LogP contribution in [0.2, 0.25) is 0 Å². The van der Waals surface area contributed by atoms with Gasteiger partial charge in [-0.25, -0.2) is 0 Å². The van der Waals surface area contributed by atoms with E-state index < -0.39 is 0 Å². The van der Waals surface area contributed by atoms with Gasteiger partial charge >= 0.3 is 0 Å². The largest absolute Gasteiger partial charge is 0.380 e. The lowest BCUT2D eigenvalue weighted by molar-refractivity contribution is 0.0759. The molecule has 0 aromatic rings. The average molecular weight is 201 g/mol. The van der Waals surface area contributed by atoms with Crippen molar-refractivity contribution >= 4 is 0 Å². The van der Waals surface area contributed by atoms with Crippen molar-refractivity contribution in [3.63, 3.8) is 0 Å². The second-order valence-electron chi connectivity index (χ2n) is 4.14. The van der Waals surface area contributed by atoms with Gasteiger partial charge in [-0.3, -0.25) is 0 Å². The molecule has 3 nitrogen and oxygen atoms in total. The fourth-order valence-electron chi connectivity index (χ4n) is 1.55. The normalized spacial score (nSPS) is 22.1. The van der Waals surface area contributed by atoms with Crippen molar-refractivity contribution in [2.45, 2.75) is 45.3 Å². The van der Waals surface area contributed by atoms with Crippen LogP contribution in [0.15, 0.2) is 0 Å². The molecule has 1 rings (SSSR count). The predicted molar refractivity (Wildman–Crippen MR) is 57.5 cm³/mol. The Morgan fingerprint density at radius 2 is 2.29 bits per heavy atom. The molecule has 14 heavy (non-hydrogen) atoms. The first-order valence-corrected chi connectivity index (χ1v) is 5.72. The molecular formula is C11H23NO2. The van der Waals surface area contributed by atoms with Gasteiger partial charge < -0.3 is 14.8 Å². The summed E-state index contributed by atoms with van der Waals surface area (Å²) in [7, 11) is 0. The molecule has 1 fully saturated rings. The molecule has 0 aromatic heterocycles. The summed E-state index contributed by atoms with van der Waals surface area (Å²) in [6, 6.07) is 0.598. The highest BCUT2D eigenvalue weighted by Crippen LogP contribution is 2.03. The predicted octanol–water partition coefficient (Wildman–Crippen LogP) is 1.57. The standard InChI is InChI=1S/C11H23NO2/c1-10(2)14-7-4-3-6-12-11-5-8-13-9-11/h10-12H,3-9H2,1-2H3. The highest BCUT2D eigenvalue weighted by molar-refractivity contribution is 4.70. The van der Waals surface area contributed by atoms with Crippen LogP contribution in [-0.2, 0) is 9.47 Å². The van der Waals surface area contributed by atoms with E-state index in [1.807, 2.05) is 0 Å². The van der Waals surface area contributed by atoms with E-state index in [0.29, 0.717) is 12.1 Å². The van der Waals surface area contributed by atoms with Crippen LogP contribution in [0.1, 0.15) is 33.1 Å². The number of hydrogen-bond donors (Lipinski definition) is 1. The third-order valence-electron chi connectivity index (χ3n) is 2.38. The SMILES string of the molecule is CC(C)OCCCCNC1CCOC1. The van der Waals surface area contributed by atoms with Crippen molar-refractivity contribution in [1.29, 1.82) is 0 Å². The van der Waals surface area contributed by atoms with E-state index in [1.54, 1.807) is 0 Å². The lowest BCUT2D eigenvalue weighted by Crippen LogP contribution is -2.30. The molecule has 1 unspecified atom stereocenters. The first kappa shape index (κ1) is 12.0. The van der Waals surface area contributed by atoms with E-state index in [9.17, 15) is 0 Å². The van der Waals surface area contributed by atoms with E-state index in [4.69, 9.17) is 9.47 Å². The minimum atomic E-state index is 0.367. The zero-order valence-corrected chi connectivity index (χ0v) is 9.42. The summed E-state index contributed by atoms with van der Waals surface area (Å²) in [4.78, 5) is 0. The summed E-state index contributed by atoms with van der Waals surface area (Å²) < 4.78 is 10.7. The quantitative estimate of drug-likeness (QED) is 0.634. The van der Waals surface area contributed by atoms with Gasteiger partial charge in [-0.1, -0.05) is 0 Å². The Morgan fingerprint density at radius 1 is 1.43 bits per heavy atom. The molecule has 1 aliphatic heterocycles. The molecule has 0 aliphatic carbocycles. The summed E-state index contributed by atoms with van der Waals surface area (Å²) in [6.07, 6.45) is 3.89. The summed E-state index contributed by atoms with van der Waals surface area (Å²) in [5.41, 5.74) is 0. The number of ether oxygens (including phenoxy) is 2. The molecule has 1 aliphatic rings. The number of hydrogen-bond acceptors (Lipinski definition) is 3. The van der Waals surface area contributed by atoms with Gasteiger partial charge in [0.25, 0.3) is 0 Å². The molecule has 1 N–H and O–H groups in total. The van der Waals surface area contributed by atoms with Gasteiger partial charge in [-0.05, 0) is 39.7 Å². The van der Waals surface area contributed by atoms with E-state index >= 15 is 0 Å². The fourth-order valence-corrected chi connectivity index (χ4v) is 1.55. The van der Waals surface area contributed by atoms with Crippen LogP contribution in [0.3, 0.4) is 0 Å². The molecule has 84 valence electrons. The highest BCUT2D eigenvalue weighted by Gasteiger charge is 2.13. The van der Waals surface area contributed by atoms with Crippen LogP contribution in [0.25, 0.3) is 0 Å². The van der Waals surface area contributed by atoms with Gasteiger partial charge in [0.05, 0.1) is 12.7 Å². The maximum atomic E-state index is 5.46. The Hall–Kier alpha value is -0.120. The molecule has 0 spiro atoms.